The highest BCUT2D eigenvalue weighted by Crippen LogP contribution is 2.36. The summed E-state index contributed by atoms with van der Waals surface area (Å²) in [7, 11) is 0. The third kappa shape index (κ3) is 1.41. The van der Waals surface area contributed by atoms with Gasteiger partial charge in [-0.15, -0.1) is 21.5 Å². The molecule has 0 atom stereocenters. The fraction of sp³-hybridized carbons (Fsp3) is 0. The second-order valence-corrected chi connectivity index (χ2v) is 5.34. The predicted octanol–water partition coefficient (Wildman–Crippen LogP) is 1.70. The molecule has 20 heavy (non-hydrogen) atoms. The summed E-state index contributed by atoms with van der Waals surface area (Å²) in [6.45, 7) is 0. The van der Waals surface area contributed by atoms with E-state index in [-0.39, 0.29) is 11.6 Å². The molecule has 96 valence electrons. The molecular weight excluding hydrogens is 276 g/mol. The van der Waals surface area contributed by atoms with Gasteiger partial charge in [0.15, 0.2) is 5.78 Å². The largest absolute Gasteiger partial charge is 0.289 e. The predicted molar refractivity (Wildman–Crippen MR) is 70.8 cm³/mol. The van der Waals surface area contributed by atoms with Gasteiger partial charge in [0.1, 0.15) is 0 Å². The zero-order chi connectivity index (χ0) is 13.7. The number of carbonyl (C=O) groups is 2. The number of benzene rings is 1. The maximum Gasteiger partial charge on any atom is 0.214 e. The van der Waals surface area contributed by atoms with Crippen LogP contribution < -0.4 is 0 Å². The monoisotopic (exact) mass is 282 g/mol. The molecule has 0 unspecified atom stereocenters. The van der Waals surface area contributed by atoms with Gasteiger partial charge < -0.3 is 0 Å². The van der Waals surface area contributed by atoms with E-state index in [2.05, 4.69) is 20.6 Å². The molecular formula is C13H6N4O2S. The number of thiophene rings is 1. The molecule has 2 aromatic heterocycles. The topological polar surface area (TPSA) is 88.6 Å². The summed E-state index contributed by atoms with van der Waals surface area (Å²) in [6, 6.07) is 8.50. The van der Waals surface area contributed by atoms with Crippen molar-refractivity contribution in [3.63, 3.8) is 0 Å². The molecule has 1 aliphatic rings. The van der Waals surface area contributed by atoms with Crippen LogP contribution in [0.5, 0.6) is 0 Å². The summed E-state index contributed by atoms with van der Waals surface area (Å²) in [5.41, 5.74) is 1.31. The van der Waals surface area contributed by atoms with Gasteiger partial charge in [0.25, 0.3) is 0 Å². The second-order valence-electron chi connectivity index (χ2n) is 4.29. The molecule has 0 fully saturated rings. The molecule has 0 bridgehead atoms. The number of hydrogen-bond donors (Lipinski definition) is 1. The summed E-state index contributed by atoms with van der Waals surface area (Å²) in [5, 5.41) is 13.6. The molecule has 0 radical (unpaired) electrons. The van der Waals surface area contributed by atoms with E-state index in [0.29, 0.717) is 32.3 Å². The van der Waals surface area contributed by atoms with Gasteiger partial charge in [-0.3, -0.25) is 9.59 Å². The molecule has 0 spiro atoms. The van der Waals surface area contributed by atoms with E-state index in [1.165, 1.54) is 11.3 Å². The maximum absolute atomic E-state index is 12.4. The lowest BCUT2D eigenvalue weighted by Crippen LogP contribution is -2.18. The minimum absolute atomic E-state index is 0.130. The molecule has 0 saturated carbocycles. The highest BCUT2D eigenvalue weighted by molar-refractivity contribution is 7.18. The number of rotatable bonds is 1. The van der Waals surface area contributed by atoms with E-state index >= 15 is 0 Å². The van der Waals surface area contributed by atoms with Crippen LogP contribution in [0.25, 0.3) is 10.7 Å². The molecule has 0 aliphatic heterocycles. The highest BCUT2D eigenvalue weighted by Gasteiger charge is 2.32. The van der Waals surface area contributed by atoms with Gasteiger partial charge in [-0.2, -0.15) is 5.21 Å². The van der Waals surface area contributed by atoms with Gasteiger partial charge in [0.05, 0.1) is 9.75 Å². The number of hydrogen-bond acceptors (Lipinski definition) is 6. The Morgan fingerprint density at radius 3 is 2.45 bits per heavy atom. The van der Waals surface area contributed by atoms with Crippen LogP contribution in [-0.4, -0.2) is 32.2 Å². The van der Waals surface area contributed by atoms with E-state index in [1.54, 1.807) is 30.3 Å². The number of fused-ring (bicyclic) bond motifs is 2. The molecule has 1 N–H and O–H groups in total. The van der Waals surface area contributed by atoms with Crippen LogP contribution in [-0.2, 0) is 0 Å². The van der Waals surface area contributed by atoms with E-state index in [0.717, 1.165) is 0 Å². The van der Waals surface area contributed by atoms with E-state index in [1.807, 2.05) is 0 Å². The number of aromatic amines is 1. The van der Waals surface area contributed by atoms with Crippen LogP contribution in [0.1, 0.15) is 31.2 Å². The second kappa shape index (κ2) is 3.91. The van der Waals surface area contributed by atoms with Gasteiger partial charge >= 0.3 is 0 Å². The van der Waals surface area contributed by atoms with Gasteiger partial charge in [0.2, 0.25) is 11.6 Å². The lowest BCUT2D eigenvalue weighted by Gasteiger charge is -2.12. The van der Waals surface area contributed by atoms with E-state index in [9.17, 15) is 9.59 Å². The maximum atomic E-state index is 12.4. The van der Waals surface area contributed by atoms with Crippen LogP contribution in [0, 0.1) is 0 Å². The number of carbonyl (C=O) groups excluding carboxylic acids is 2. The lowest BCUT2D eigenvalue weighted by atomic mass is 9.89. The average molecular weight is 282 g/mol. The Kier molecular flexibility index (Phi) is 2.19. The van der Waals surface area contributed by atoms with Crippen molar-refractivity contribution in [1.29, 1.82) is 0 Å². The van der Waals surface area contributed by atoms with Gasteiger partial charge in [-0.05, 0) is 11.3 Å². The SMILES string of the molecule is O=C1c2ccccc2C(=O)c2sc(-c3nn[nH]n3)cc21. The quantitative estimate of drug-likeness (QED) is 0.574. The van der Waals surface area contributed by atoms with Crippen molar-refractivity contribution in [2.75, 3.05) is 0 Å². The molecule has 2 heterocycles. The summed E-state index contributed by atoms with van der Waals surface area (Å²) in [6.07, 6.45) is 0. The van der Waals surface area contributed by atoms with Crippen LogP contribution >= 0.6 is 11.3 Å². The fourth-order valence-electron chi connectivity index (χ4n) is 2.25. The number of tetrazole rings is 1. The molecule has 0 saturated heterocycles. The molecule has 0 amide bonds. The Hall–Kier alpha value is -2.67. The number of aromatic nitrogens is 4. The Labute approximate surface area is 116 Å². The Bertz CT molecular complexity index is 799. The molecule has 1 aromatic carbocycles. The van der Waals surface area contributed by atoms with Crippen molar-refractivity contribution in [3.8, 4) is 10.7 Å². The van der Waals surface area contributed by atoms with Crippen molar-refractivity contribution in [2.24, 2.45) is 0 Å². The molecule has 7 heteroatoms. The third-order valence-electron chi connectivity index (χ3n) is 3.16. The first-order valence-corrected chi connectivity index (χ1v) is 6.63. The number of ketones is 2. The van der Waals surface area contributed by atoms with Crippen LogP contribution in [0.4, 0.5) is 0 Å². The van der Waals surface area contributed by atoms with Crippen molar-refractivity contribution in [3.05, 3.63) is 51.9 Å². The van der Waals surface area contributed by atoms with Gasteiger partial charge in [-0.1, -0.05) is 24.3 Å². The summed E-state index contributed by atoms with van der Waals surface area (Å²) < 4.78 is 0. The molecule has 1 aliphatic carbocycles. The van der Waals surface area contributed by atoms with Crippen LogP contribution in [0.2, 0.25) is 0 Å². The normalized spacial score (nSPS) is 13.2. The summed E-state index contributed by atoms with van der Waals surface area (Å²) >= 11 is 1.21. The fourth-order valence-corrected chi connectivity index (χ4v) is 3.29. The third-order valence-corrected chi connectivity index (χ3v) is 4.29. The van der Waals surface area contributed by atoms with E-state index < -0.39 is 0 Å². The molecule has 4 rings (SSSR count). The zero-order valence-electron chi connectivity index (χ0n) is 9.95. The van der Waals surface area contributed by atoms with Gasteiger partial charge in [0, 0.05) is 16.7 Å². The van der Waals surface area contributed by atoms with Gasteiger partial charge in [-0.25, -0.2) is 0 Å². The first-order chi connectivity index (χ1) is 9.75. The zero-order valence-corrected chi connectivity index (χ0v) is 10.8. The van der Waals surface area contributed by atoms with Crippen molar-refractivity contribution < 1.29 is 9.59 Å². The average Bonchev–Trinajstić information content (AvgIpc) is 3.13. The Morgan fingerprint density at radius 1 is 1.00 bits per heavy atom. The number of H-pyrrole nitrogens is 1. The Morgan fingerprint density at radius 2 is 1.75 bits per heavy atom. The summed E-state index contributed by atoms with van der Waals surface area (Å²) in [5.74, 6) is 0.116. The van der Waals surface area contributed by atoms with Crippen molar-refractivity contribution >= 4 is 22.9 Å². The Balaban J connectivity index is 1.94. The minimum atomic E-state index is -0.138. The highest BCUT2D eigenvalue weighted by atomic mass is 32.1. The minimum Gasteiger partial charge on any atom is -0.289 e. The first-order valence-electron chi connectivity index (χ1n) is 5.82. The first kappa shape index (κ1) is 11.2. The smallest absolute Gasteiger partial charge is 0.214 e. The summed E-state index contributed by atoms with van der Waals surface area (Å²) in [4.78, 5) is 25.9. The lowest BCUT2D eigenvalue weighted by molar-refractivity contribution is 0.0982. The standard InChI is InChI=1S/C13H6N4O2S/c18-10-6-3-1-2-4-7(6)11(19)12-8(10)5-9(20-12)13-14-16-17-15-13/h1-5H,(H,14,15,16,17). The molecule has 6 nitrogen and oxygen atoms in total. The number of nitrogens with zero attached hydrogens (tertiary/aromatic N) is 3. The number of nitrogens with one attached hydrogen (secondary N) is 1. The molecule has 3 aromatic rings. The van der Waals surface area contributed by atoms with E-state index in [4.69, 9.17) is 0 Å². The van der Waals surface area contributed by atoms with Crippen LogP contribution in [0.3, 0.4) is 0 Å². The van der Waals surface area contributed by atoms with Crippen LogP contribution in [0.15, 0.2) is 30.3 Å². The van der Waals surface area contributed by atoms with Crippen molar-refractivity contribution in [2.45, 2.75) is 0 Å². The van der Waals surface area contributed by atoms with Crippen molar-refractivity contribution in [1.82, 2.24) is 20.6 Å².